The maximum atomic E-state index is 12.5. The van der Waals surface area contributed by atoms with E-state index in [1.165, 1.54) is 31.3 Å². The molecule has 8 heteroatoms. The van der Waals surface area contributed by atoms with E-state index < -0.39 is 15.9 Å². The second kappa shape index (κ2) is 8.11. The van der Waals surface area contributed by atoms with Crippen LogP contribution >= 0.6 is 0 Å². The number of benzene rings is 2. The van der Waals surface area contributed by atoms with Crippen LogP contribution in [-0.2, 0) is 10.0 Å². The molecule has 0 aliphatic rings. The van der Waals surface area contributed by atoms with Crippen molar-refractivity contribution in [1.29, 1.82) is 0 Å². The van der Waals surface area contributed by atoms with E-state index in [-0.39, 0.29) is 22.9 Å². The Morgan fingerprint density at radius 1 is 1.00 bits per heavy atom. The molecule has 0 aliphatic carbocycles. The van der Waals surface area contributed by atoms with E-state index in [9.17, 15) is 18.0 Å². The summed E-state index contributed by atoms with van der Waals surface area (Å²) in [5.74, 6) is -0.737. The number of hydrogen-bond acceptors (Lipinski definition) is 4. The number of amides is 2. The maximum absolute atomic E-state index is 12.5. The molecule has 2 amide bonds. The molecule has 2 rings (SSSR count). The van der Waals surface area contributed by atoms with Gasteiger partial charge < -0.3 is 10.6 Å². The molecule has 26 heavy (non-hydrogen) atoms. The average Bonchev–Trinajstić information content (AvgIpc) is 2.61. The fraction of sp³-hybridized carbons (Fsp3) is 0.222. The molecule has 7 nitrogen and oxygen atoms in total. The number of rotatable bonds is 6. The first-order chi connectivity index (χ1) is 12.3. The third-order valence-corrected chi connectivity index (χ3v) is 5.30. The summed E-state index contributed by atoms with van der Waals surface area (Å²) in [5.41, 5.74) is 1.78. The van der Waals surface area contributed by atoms with E-state index in [0.717, 1.165) is 5.56 Å². The lowest BCUT2D eigenvalue weighted by Gasteiger charge is -2.13. The highest BCUT2D eigenvalue weighted by Crippen LogP contribution is 2.20. The minimum absolute atomic E-state index is 0.0810. The first kappa shape index (κ1) is 19.6. The van der Waals surface area contributed by atoms with Crippen LogP contribution in [0.2, 0.25) is 0 Å². The third-order valence-electron chi connectivity index (χ3n) is 3.74. The van der Waals surface area contributed by atoms with Gasteiger partial charge in [0.15, 0.2) is 0 Å². The van der Waals surface area contributed by atoms with Gasteiger partial charge in [-0.25, -0.2) is 13.1 Å². The van der Waals surface area contributed by atoms with Crippen molar-refractivity contribution in [3.8, 4) is 0 Å². The van der Waals surface area contributed by atoms with Crippen LogP contribution in [0.4, 0.5) is 5.69 Å². The number of nitrogens with one attached hydrogen (secondary N) is 3. The van der Waals surface area contributed by atoms with E-state index in [1.807, 2.05) is 0 Å². The summed E-state index contributed by atoms with van der Waals surface area (Å²) in [6.07, 6.45) is 0. The molecule has 0 heterocycles. The van der Waals surface area contributed by atoms with E-state index in [2.05, 4.69) is 15.4 Å². The van der Waals surface area contributed by atoms with Crippen molar-refractivity contribution >= 4 is 27.5 Å². The summed E-state index contributed by atoms with van der Waals surface area (Å²) in [4.78, 5) is 24.6. The number of aryl methyl sites for hydroxylation is 1. The Morgan fingerprint density at radius 2 is 1.65 bits per heavy atom. The molecule has 3 N–H and O–H groups in total. The molecular weight excluding hydrogens is 354 g/mol. The minimum Gasteiger partial charge on any atom is -0.355 e. The Balaban J connectivity index is 2.27. The summed E-state index contributed by atoms with van der Waals surface area (Å²) < 4.78 is 26.3. The lowest BCUT2D eigenvalue weighted by Crippen LogP contribution is -2.23. The predicted octanol–water partition coefficient (Wildman–Crippen LogP) is 1.91. The predicted molar refractivity (Wildman–Crippen MR) is 99.8 cm³/mol. The summed E-state index contributed by atoms with van der Waals surface area (Å²) in [5, 5.41) is 5.25. The standard InChI is InChI=1S/C18H21N3O4S/c1-4-20-26(24,25)14-10-8-13(9-11-14)17(22)21-15-7-5-6-12(2)16(15)18(23)19-3/h5-11,20H,4H2,1-3H3,(H,19,23)(H,21,22). The first-order valence-corrected chi connectivity index (χ1v) is 9.51. The zero-order valence-corrected chi connectivity index (χ0v) is 15.6. The Hall–Kier alpha value is -2.71. The highest BCUT2D eigenvalue weighted by molar-refractivity contribution is 7.89. The van der Waals surface area contributed by atoms with Gasteiger partial charge in [-0.2, -0.15) is 0 Å². The topological polar surface area (TPSA) is 104 Å². The molecule has 0 saturated heterocycles. The molecule has 0 spiro atoms. The number of hydrogen-bond donors (Lipinski definition) is 3. The molecule has 138 valence electrons. The van der Waals surface area contributed by atoms with Crippen molar-refractivity contribution < 1.29 is 18.0 Å². The maximum Gasteiger partial charge on any atom is 0.255 e. The van der Waals surface area contributed by atoms with Crippen molar-refractivity contribution in [2.75, 3.05) is 18.9 Å². The highest BCUT2D eigenvalue weighted by atomic mass is 32.2. The minimum atomic E-state index is -3.57. The number of carbonyl (C=O) groups excluding carboxylic acids is 2. The molecule has 0 radical (unpaired) electrons. The van der Waals surface area contributed by atoms with E-state index in [0.29, 0.717) is 11.3 Å². The van der Waals surface area contributed by atoms with Crippen molar-refractivity contribution in [2.45, 2.75) is 18.7 Å². The van der Waals surface area contributed by atoms with Gasteiger partial charge in [0.2, 0.25) is 10.0 Å². The van der Waals surface area contributed by atoms with E-state index in [1.54, 1.807) is 32.0 Å². The van der Waals surface area contributed by atoms with Crippen LogP contribution in [0.25, 0.3) is 0 Å². The van der Waals surface area contributed by atoms with Crippen LogP contribution in [0.15, 0.2) is 47.4 Å². The van der Waals surface area contributed by atoms with Gasteiger partial charge in [0.1, 0.15) is 0 Å². The van der Waals surface area contributed by atoms with Gasteiger partial charge in [0.05, 0.1) is 16.1 Å². The molecule has 0 aromatic heterocycles. The van der Waals surface area contributed by atoms with Crippen LogP contribution < -0.4 is 15.4 Å². The zero-order valence-electron chi connectivity index (χ0n) is 14.8. The van der Waals surface area contributed by atoms with Crippen LogP contribution in [-0.4, -0.2) is 33.8 Å². The number of carbonyl (C=O) groups is 2. The molecule has 0 saturated carbocycles. The van der Waals surface area contributed by atoms with Crippen LogP contribution in [0.3, 0.4) is 0 Å². The number of anilines is 1. The van der Waals surface area contributed by atoms with E-state index in [4.69, 9.17) is 0 Å². The van der Waals surface area contributed by atoms with Gasteiger partial charge in [-0.1, -0.05) is 19.1 Å². The Morgan fingerprint density at radius 3 is 2.23 bits per heavy atom. The SMILES string of the molecule is CCNS(=O)(=O)c1ccc(C(=O)Nc2cccc(C)c2C(=O)NC)cc1. The smallest absolute Gasteiger partial charge is 0.255 e. The van der Waals surface area contributed by atoms with Crippen LogP contribution in [0.1, 0.15) is 33.2 Å². The largest absolute Gasteiger partial charge is 0.355 e. The summed E-state index contributed by atoms with van der Waals surface area (Å²) in [6, 6.07) is 10.7. The Bertz CT molecular complexity index is 922. The van der Waals surface area contributed by atoms with Gasteiger partial charge in [-0.05, 0) is 42.8 Å². The Kier molecular flexibility index (Phi) is 6.12. The lowest BCUT2D eigenvalue weighted by atomic mass is 10.1. The molecule has 0 atom stereocenters. The third kappa shape index (κ3) is 4.27. The summed E-state index contributed by atoms with van der Waals surface area (Å²) in [6.45, 7) is 3.74. The van der Waals surface area contributed by atoms with Crippen molar-refractivity contribution in [3.63, 3.8) is 0 Å². The van der Waals surface area contributed by atoms with Crippen molar-refractivity contribution in [2.24, 2.45) is 0 Å². The normalized spacial score (nSPS) is 11.0. The number of sulfonamides is 1. The fourth-order valence-electron chi connectivity index (χ4n) is 2.45. The molecule has 0 fully saturated rings. The average molecular weight is 375 g/mol. The molecule has 2 aromatic rings. The quantitative estimate of drug-likeness (QED) is 0.717. The molecule has 0 unspecified atom stereocenters. The van der Waals surface area contributed by atoms with Crippen LogP contribution in [0.5, 0.6) is 0 Å². The Labute approximate surface area is 152 Å². The molecule has 2 aromatic carbocycles. The second-order valence-electron chi connectivity index (χ2n) is 5.56. The summed E-state index contributed by atoms with van der Waals surface area (Å²) in [7, 11) is -2.06. The fourth-order valence-corrected chi connectivity index (χ4v) is 3.49. The van der Waals surface area contributed by atoms with Gasteiger partial charge >= 0.3 is 0 Å². The van der Waals surface area contributed by atoms with Gasteiger partial charge in [-0.3, -0.25) is 9.59 Å². The summed E-state index contributed by atoms with van der Waals surface area (Å²) >= 11 is 0. The molecule has 0 bridgehead atoms. The van der Waals surface area contributed by atoms with Gasteiger partial charge in [-0.15, -0.1) is 0 Å². The van der Waals surface area contributed by atoms with Crippen molar-refractivity contribution in [3.05, 3.63) is 59.2 Å². The lowest BCUT2D eigenvalue weighted by molar-refractivity contribution is 0.0963. The second-order valence-corrected chi connectivity index (χ2v) is 7.32. The highest BCUT2D eigenvalue weighted by Gasteiger charge is 2.17. The van der Waals surface area contributed by atoms with Crippen molar-refractivity contribution in [1.82, 2.24) is 10.0 Å². The first-order valence-electron chi connectivity index (χ1n) is 8.03. The monoisotopic (exact) mass is 375 g/mol. The zero-order chi connectivity index (χ0) is 19.3. The molecule has 0 aliphatic heterocycles. The molecular formula is C18H21N3O4S. The van der Waals surface area contributed by atoms with E-state index >= 15 is 0 Å². The van der Waals surface area contributed by atoms with Gasteiger partial charge in [0.25, 0.3) is 11.8 Å². The van der Waals surface area contributed by atoms with Crippen LogP contribution in [0, 0.1) is 6.92 Å². The van der Waals surface area contributed by atoms with Gasteiger partial charge in [0, 0.05) is 19.2 Å².